The van der Waals surface area contributed by atoms with E-state index in [0.29, 0.717) is 0 Å². The molecule has 5 heteroatoms. The second-order valence-corrected chi connectivity index (χ2v) is 0.944. The van der Waals surface area contributed by atoms with E-state index in [1.807, 2.05) is 0 Å². The number of nitrogens with zero attached hydrogens (tertiary/aromatic N) is 1. The number of rotatable bonds is 0. The molecule has 10 heavy (non-hydrogen) atoms. The van der Waals surface area contributed by atoms with Crippen LogP contribution in [-0.2, 0) is 9.59 Å². The van der Waals surface area contributed by atoms with Crippen LogP contribution >= 0.6 is 0 Å². The summed E-state index contributed by atoms with van der Waals surface area (Å²) in [5, 5.41) is 22.3. The number of carboxylic acids is 2. The van der Waals surface area contributed by atoms with Crippen LogP contribution in [0.15, 0.2) is 12.7 Å². The summed E-state index contributed by atoms with van der Waals surface area (Å²) in [7, 11) is 0. The molecular formula is C5H5NO4. The molecule has 0 saturated heterocycles. The van der Waals surface area contributed by atoms with Gasteiger partial charge < -0.3 is 10.2 Å². The molecule has 0 aliphatic rings. The molecule has 0 rings (SSSR count). The topological polar surface area (TPSA) is 98.4 Å². The average molecular weight is 143 g/mol. The Hall–Kier alpha value is -1.83. The van der Waals surface area contributed by atoms with Gasteiger partial charge in [0, 0.05) is 6.08 Å². The lowest BCUT2D eigenvalue weighted by Crippen LogP contribution is -2.09. The minimum atomic E-state index is -1.82. The second-order valence-electron chi connectivity index (χ2n) is 0.944. The summed E-state index contributed by atoms with van der Waals surface area (Å²) in [4.78, 5) is 18.2. The van der Waals surface area contributed by atoms with Gasteiger partial charge in [0.2, 0.25) is 0 Å². The monoisotopic (exact) mass is 143 g/mol. The molecule has 54 valence electrons. The van der Waals surface area contributed by atoms with Crippen LogP contribution in [0.4, 0.5) is 0 Å². The number of aliphatic carboxylic acids is 2. The first-order valence-corrected chi connectivity index (χ1v) is 2.03. The van der Waals surface area contributed by atoms with E-state index in [4.69, 9.17) is 25.1 Å². The molecule has 0 bridgehead atoms. The highest BCUT2D eigenvalue weighted by atomic mass is 16.4. The Labute approximate surface area is 56.8 Å². The van der Waals surface area contributed by atoms with Crippen LogP contribution in [-0.4, -0.2) is 22.2 Å². The number of hydrogen-bond donors (Lipinski definition) is 2. The van der Waals surface area contributed by atoms with Crippen LogP contribution in [0.3, 0.4) is 0 Å². The maximum atomic E-state index is 9.10. The highest BCUT2D eigenvalue weighted by Gasteiger charge is 2.04. The lowest BCUT2D eigenvalue weighted by Gasteiger charge is -1.72. The molecule has 0 fully saturated rings. The molecule has 0 aliphatic carbocycles. The van der Waals surface area contributed by atoms with Gasteiger partial charge in [-0.05, 0) is 0 Å². The minimum absolute atomic E-state index is 1.18. The molecule has 0 spiro atoms. The van der Waals surface area contributed by atoms with E-state index in [1.165, 1.54) is 6.08 Å². The van der Waals surface area contributed by atoms with Crippen molar-refractivity contribution >= 4 is 11.9 Å². The fourth-order valence-electron chi connectivity index (χ4n) is 0. The molecule has 0 saturated carbocycles. The minimum Gasteiger partial charge on any atom is -0.473 e. The summed E-state index contributed by atoms with van der Waals surface area (Å²) in [5.41, 5.74) is 0. The van der Waals surface area contributed by atoms with Gasteiger partial charge >= 0.3 is 11.9 Å². The number of carboxylic acid groups (broad SMARTS) is 2. The first kappa shape index (κ1) is 11.0. The van der Waals surface area contributed by atoms with Gasteiger partial charge in [-0.15, -0.1) is 0 Å². The maximum absolute atomic E-state index is 9.10. The van der Waals surface area contributed by atoms with E-state index in [-0.39, 0.29) is 0 Å². The normalized spacial score (nSPS) is 5.90. The maximum Gasteiger partial charge on any atom is 0.414 e. The van der Waals surface area contributed by atoms with Crippen molar-refractivity contribution in [1.29, 1.82) is 5.26 Å². The summed E-state index contributed by atoms with van der Waals surface area (Å²) in [6.45, 7) is 3.12. The van der Waals surface area contributed by atoms with E-state index < -0.39 is 11.9 Å². The zero-order chi connectivity index (χ0) is 8.57. The van der Waals surface area contributed by atoms with Crippen LogP contribution in [0.25, 0.3) is 0 Å². The molecule has 0 aliphatic heterocycles. The fourth-order valence-corrected chi connectivity index (χ4v) is 0. The van der Waals surface area contributed by atoms with Crippen molar-refractivity contribution in [3.05, 3.63) is 12.7 Å². The molecule has 0 aromatic carbocycles. The van der Waals surface area contributed by atoms with E-state index in [0.717, 1.165) is 0 Å². The third-order valence-corrected chi connectivity index (χ3v) is 0.274. The lowest BCUT2D eigenvalue weighted by atomic mass is 10.7. The van der Waals surface area contributed by atoms with Crippen molar-refractivity contribution in [2.45, 2.75) is 0 Å². The summed E-state index contributed by atoms with van der Waals surface area (Å²) >= 11 is 0. The zero-order valence-electron chi connectivity index (χ0n) is 4.94. The largest absolute Gasteiger partial charge is 0.473 e. The highest BCUT2D eigenvalue weighted by molar-refractivity contribution is 6.27. The smallest absolute Gasteiger partial charge is 0.414 e. The Balaban J connectivity index is 0. The van der Waals surface area contributed by atoms with Gasteiger partial charge in [0.1, 0.15) is 0 Å². The van der Waals surface area contributed by atoms with E-state index in [9.17, 15) is 0 Å². The van der Waals surface area contributed by atoms with Gasteiger partial charge in [-0.25, -0.2) is 9.59 Å². The highest BCUT2D eigenvalue weighted by Crippen LogP contribution is 1.56. The third kappa shape index (κ3) is 16.4. The number of carbonyl (C=O) groups is 2. The van der Waals surface area contributed by atoms with E-state index >= 15 is 0 Å². The first-order chi connectivity index (χ1) is 4.56. The second kappa shape index (κ2) is 7.17. The van der Waals surface area contributed by atoms with E-state index in [1.54, 1.807) is 6.07 Å². The molecule has 0 heterocycles. The van der Waals surface area contributed by atoms with Gasteiger partial charge in [-0.1, -0.05) is 6.58 Å². The average Bonchev–Trinajstić information content (AvgIpc) is 1.89. The number of allylic oxidation sites excluding steroid dienone is 1. The molecule has 0 amide bonds. The molecule has 5 nitrogen and oxygen atoms in total. The van der Waals surface area contributed by atoms with Crippen molar-refractivity contribution in [3.8, 4) is 6.07 Å². The van der Waals surface area contributed by atoms with Crippen molar-refractivity contribution < 1.29 is 19.8 Å². The SMILES string of the molecule is C=CC#N.O=C(O)C(=O)O. The first-order valence-electron chi connectivity index (χ1n) is 2.03. The standard InChI is InChI=1S/C3H3N.C2H2O4/c1-2-3-4;3-1(4)2(5)6/h2H,1H2;(H,3,4)(H,5,6). The Kier molecular flexibility index (Phi) is 7.91. The van der Waals surface area contributed by atoms with Crippen LogP contribution < -0.4 is 0 Å². The fraction of sp³-hybridized carbons (Fsp3) is 0. The molecule has 0 aromatic rings. The summed E-state index contributed by atoms with van der Waals surface area (Å²) in [6.07, 6.45) is 1.18. The molecule has 0 unspecified atom stereocenters. The molecule has 0 atom stereocenters. The van der Waals surface area contributed by atoms with Crippen molar-refractivity contribution in [1.82, 2.24) is 0 Å². The Morgan fingerprint density at radius 3 is 1.60 bits per heavy atom. The van der Waals surface area contributed by atoms with E-state index in [2.05, 4.69) is 6.58 Å². The van der Waals surface area contributed by atoms with Crippen LogP contribution in [0, 0.1) is 11.3 Å². The predicted octanol–water partition coefficient (Wildman–Crippen LogP) is -0.148. The van der Waals surface area contributed by atoms with Gasteiger partial charge in [0.25, 0.3) is 0 Å². The zero-order valence-corrected chi connectivity index (χ0v) is 4.94. The molecule has 0 aromatic heterocycles. The van der Waals surface area contributed by atoms with Crippen molar-refractivity contribution in [2.75, 3.05) is 0 Å². The van der Waals surface area contributed by atoms with Gasteiger partial charge in [0.05, 0.1) is 6.07 Å². The van der Waals surface area contributed by atoms with Crippen LogP contribution in [0.1, 0.15) is 0 Å². The van der Waals surface area contributed by atoms with Crippen molar-refractivity contribution in [2.24, 2.45) is 0 Å². The van der Waals surface area contributed by atoms with Crippen LogP contribution in [0.5, 0.6) is 0 Å². The van der Waals surface area contributed by atoms with Gasteiger partial charge in [-0.2, -0.15) is 5.26 Å². The third-order valence-electron chi connectivity index (χ3n) is 0.274. The Morgan fingerprint density at radius 1 is 1.40 bits per heavy atom. The molecule has 2 N–H and O–H groups in total. The molecular weight excluding hydrogens is 138 g/mol. The lowest BCUT2D eigenvalue weighted by molar-refractivity contribution is -0.159. The van der Waals surface area contributed by atoms with Gasteiger partial charge in [-0.3, -0.25) is 0 Å². The quantitative estimate of drug-likeness (QED) is 0.363. The summed E-state index contributed by atoms with van der Waals surface area (Å²) in [6, 6.07) is 1.69. The Morgan fingerprint density at radius 2 is 1.60 bits per heavy atom. The number of hydrogen-bond acceptors (Lipinski definition) is 3. The summed E-state index contributed by atoms with van der Waals surface area (Å²) < 4.78 is 0. The number of nitriles is 1. The van der Waals surface area contributed by atoms with Crippen LogP contribution in [0.2, 0.25) is 0 Å². The Bertz CT molecular complexity index is 167. The molecule has 0 radical (unpaired) electrons. The van der Waals surface area contributed by atoms with Crippen molar-refractivity contribution in [3.63, 3.8) is 0 Å². The van der Waals surface area contributed by atoms with Gasteiger partial charge in [0.15, 0.2) is 0 Å². The predicted molar refractivity (Wildman–Crippen MR) is 31.1 cm³/mol. The summed E-state index contributed by atoms with van der Waals surface area (Å²) in [5.74, 6) is -3.65.